The van der Waals surface area contributed by atoms with E-state index in [1.807, 2.05) is 48.5 Å². The molecule has 0 atom stereocenters. The fourth-order valence-electron chi connectivity index (χ4n) is 2.17. The largest absolute Gasteiger partial charge is 0.497 e. The lowest BCUT2D eigenvalue weighted by Crippen LogP contribution is -2.14. The molecule has 5 nitrogen and oxygen atoms in total. The maximum absolute atomic E-state index is 12.2. The van der Waals surface area contributed by atoms with Gasteiger partial charge in [0.2, 0.25) is 0 Å². The monoisotopic (exact) mass is 335 g/mol. The number of nitrogens with one attached hydrogen (secondary N) is 2. The number of nitrogens with zero attached hydrogens (tertiary/aromatic N) is 1. The van der Waals surface area contributed by atoms with Crippen LogP contribution in [0.4, 0.5) is 11.4 Å². The standard InChI is InChI=1S/C20H21N3O2/c1-14(2)15-7-9-17(10-8-15)23-20(24)16(12-21)13-22-18-5-4-6-19(11-18)25-3/h4-11,13-14,22H,1-3H3,(H,23,24)/b16-13-. The van der Waals surface area contributed by atoms with Gasteiger partial charge in [0.05, 0.1) is 7.11 Å². The summed E-state index contributed by atoms with van der Waals surface area (Å²) in [5, 5.41) is 14.9. The zero-order valence-corrected chi connectivity index (χ0v) is 14.5. The smallest absolute Gasteiger partial charge is 0.267 e. The van der Waals surface area contributed by atoms with Crippen molar-refractivity contribution in [2.75, 3.05) is 17.7 Å². The van der Waals surface area contributed by atoms with Crippen molar-refractivity contribution in [2.45, 2.75) is 19.8 Å². The molecule has 2 N–H and O–H groups in total. The molecule has 2 aromatic carbocycles. The SMILES string of the molecule is COc1cccc(N/C=C(/C#N)C(=O)Nc2ccc(C(C)C)cc2)c1. The first-order valence-electron chi connectivity index (χ1n) is 7.95. The third-order valence-corrected chi connectivity index (χ3v) is 3.65. The van der Waals surface area contributed by atoms with E-state index in [1.54, 1.807) is 13.2 Å². The maximum atomic E-state index is 12.2. The van der Waals surface area contributed by atoms with Crippen molar-refractivity contribution < 1.29 is 9.53 Å². The van der Waals surface area contributed by atoms with Gasteiger partial charge in [-0.25, -0.2) is 0 Å². The van der Waals surface area contributed by atoms with Crippen molar-refractivity contribution in [3.63, 3.8) is 0 Å². The van der Waals surface area contributed by atoms with Gasteiger partial charge in [0, 0.05) is 23.6 Å². The van der Waals surface area contributed by atoms with E-state index in [0.29, 0.717) is 17.4 Å². The van der Waals surface area contributed by atoms with Crippen LogP contribution in [-0.4, -0.2) is 13.0 Å². The molecule has 25 heavy (non-hydrogen) atoms. The lowest BCUT2D eigenvalue weighted by atomic mass is 10.0. The Labute approximate surface area is 147 Å². The van der Waals surface area contributed by atoms with E-state index in [1.165, 1.54) is 11.8 Å². The van der Waals surface area contributed by atoms with E-state index < -0.39 is 5.91 Å². The first kappa shape index (κ1) is 18.1. The molecule has 0 heterocycles. The number of hydrogen-bond donors (Lipinski definition) is 2. The number of methoxy groups -OCH3 is 1. The topological polar surface area (TPSA) is 74.1 Å². The average Bonchev–Trinajstić information content (AvgIpc) is 2.63. The Bertz CT molecular complexity index is 802. The minimum absolute atomic E-state index is 0.0178. The number of nitriles is 1. The Morgan fingerprint density at radius 3 is 2.48 bits per heavy atom. The van der Waals surface area contributed by atoms with Gasteiger partial charge in [-0.15, -0.1) is 0 Å². The van der Waals surface area contributed by atoms with Crippen LogP contribution in [0.2, 0.25) is 0 Å². The Hall–Kier alpha value is -3.26. The number of hydrogen-bond acceptors (Lipinski definition) is 4. The Balaban J connectivity index is 2.05. The van der Waals surface area contributed by atoms with Gasteiger partial charge in [0.25, 0.3) is 5.91 Å². The van der Waals surface area contributed by atoms with Crippen LogP contribution >= 0.6 is 0 Å². The minimum Gasteiger partial charge on any atom is -0.497 e. The Morgan fingerprint density at radius 1 is 1.16 bits per heavy atom. The molecule has 0 spiro atoms. The van der Waals surface area contributed by atoms with Gasteiger partial charge in [0.15, 0.2) is 0 Å². The predicted molar refractivity (Wildman–Crippen MR) is 99.5 cm³/mol. The summed E-state index contributed by atoms with van der Waals surface area (Å²) in [5.41, 5.74) is 2.54. The normalized spacial score (nSPS) is 10.9. The molecule has 2 rings (SSSR count). The third kappa shape index (κ3) is 5.11. The average molecular weight is 335 g/mol. The lowest BCUT2D eigenvalue weighted by molar-refractivity contribution is -0.112. The summed E-state index contributed by atoms with van der Waals surface area (Å²) in [6.45, 7) is 4.21. The second-order valence-electron chi connectivity index (χ2n) is 5.78. The van der Waals surface area contributed by atoms with E-state index in [2.05, 4.69) is 24.5 Å². The maximum Gasteiger partial charge on any atom is 0.267 e. The number of amides is 1. The number of rotatable bonds is 6. The highest BCUT2D eigenvalue weighted by molar-refractivity contribution is 6.06. The van der Waals surface area contributed by atoms with E-state index in [0.717, 1.165) is 5.69 Å². The van der Waals surface area contributed by atoms with Gasteiger partial charge < -0.3 is 15.4 Å². The highest BCUT2D eigenvalue weighted by Crippen LogP contribution is 2.18. The summed E-state index contributed by atoms with van der Waals surface area (Å²) in [6.07, 6.45) is 1.38. The zero-order valence-electron chi connectivity index (χ0n) is 14.5. The summed E-state index contributed by atoms with van der Waals surface area (Å²) in [7, 11) is 1.58. The Kier molecular flexibility index (Phi) is 6.19. The second-order valence-corrected chi connectivity index (χ2v) is 5.78. The van der Waals surface area contributed by atoms with Crippen molar-refractivity contribution in [3.8, 4) is 11.8 Å². The van der Waals surface area contributed by atoms with Crippen LogP contribution in [0.15, 0.2) is 60.3 Å². The fraction of sp³-hybridized carbons (Fsp3) is 0.200. The van der Waals surface area contributed by atoms with Gasteiger partial charge in [0.1, 0.15) is 17.4 Å². The first-order chi connectivity index (χ1) is 12.0. The zero-order chi connectivity index (χ0) is 18.2. The third-order valence-electron chi connectivity index (χ3n) is 3.65. The number of benzene rings is 2. The summed E-state index contributed by atoms with van der Waals surface area (Å²) >= 11 is 0. The summed E-state index contributed by atoms with van der Waals surface area (Å²) in [6, 6.07) is 16.7. The van der Waals surface area contributed by atoms with E-state index in [9.17, 15) is 10.1 Å². The second kappa shape index (κ2) is 8.55. The molecule has 1 amide bonds. The van der Waals surface area contributed by atoms with Crippen LogP contribution < -0.4 is 15.4 Å². The molecule has 0 aromatic heterocycles. The van der Waals surface area contributed by atoms with Crippen LogP contribution in [0, 0.1) is 11.3 Å². The molecule has 0 unspecified atom stereocenters. The quantitative estimate of drug-likeness (QED) is 0.610. The van der Waals surface area contributed by atoms with Crippen molar-refractivity contribution in [2.24, 2.45) is 0 Å². The van der Waals surface area contributed by atoms with Gasteiger partial charge in [-0.3, -0.25) is 4.79 Å². The number of anilines is 2. The number of ether oxygens (including phenoxy) is 1. The summed E-state index contributed by atoms with van der Waals surface area (Å²) in [5.74, 6) is 0.646. The van der Waals surface area contributed by atoms with E-state index in [-0.39, 0.29) is 5.57 Å². The molecule has 0 aliphatic heterocycles. The van der Waals surface area contributed by atoms with E-state index >= 15 is 0 Å². The fourth-order valence-corrected chi connectivity index (χ4v) is 2.17. The Morgan fingerprint density at radius 2 is 1.88 bits per heavy atom. The molecule has 5 heteroatoms. The number of carbonyl (C=O) groups is 1. The molecule has 0 radical (unpaired) electrons. The predicted octanol–water partition coefficient (Wildman–Crippen LogP) is 4.28. The molecule has 0 aliphatic rings. The van der Waals surface area contributed by atoms with Crippen LogP contribution in [0.1, 0.15) is 25.3 Å². The molecule has 2 aromatic rings. The first-order valence-corrected chi connectivity index (χ1v) is 7.95. The number of carbonyl (C=O) groups excluding carboxylic acids is 1. The molecule has 0 aliphatic carbocycles. The molecule has 128 valence electrons. The lowest BCUT2D eigenvalue weighted by Gasteiger charge is -2.08. The molecule has 0 bridgehead atoms. The minimum atomic E-state index is -0.463. The summed E-state index contributed by atoms with van der Waals surface area (Å²) < 4.78 is 5.14. The van der Waals surface area contributed by atoms with Gasteiger partial charge >= 0.3 is 0 Å². The van der Waals surface area contributed by atoms with Crippen LogP contribution in [0.5, 0.6) is 5.75 Å². The van der Waals surface area contributed by atoms with Gasteiger partial charge in [-0.1, -0.05) is 32.0 Å². The van der Waals surface area contributed by atoms with Crippen LogP contribution in [-0.2, 0) is 4.79 Å². The molecular weight excluding hydrogens is 314 g/mol. The van der Waals surface area contributed by atoms with Gasteiger partial charge in [-0.2, -0.15) is 5.26 Å². The van der Waals surface area contributed by atoms with Crippen LogP contribution in [0.25, 0.3) is 0 Å². The van der Waals surface area contributed by atoms with Crippen molar-refractivity contribution in [1.82, 2.24) is 0 Å². The molecule has 0 fully saturated rings. The van der Waals surface area contributed by atoms with E-state index in [4.69, 9.17) is 4.74 Å². The highest BCUT2D eigenvalue weighted by atomic mass is 16.5. The molecule has 0 saturated heterocycles. The highest BCUT2D eigenvalue weighted by Gasteiger charge is 2.09. The van der Waals surface area contributed by atoms with Crippen molar-refractivity contribution in [1.29, 1.82) is 5.26 Å². The van der Waals surface area contributed by atoms with Crippen molar-refractivity contribution in [3.05, 3.63) is 65.9 Å². The van der Waals surface area contributed by atoms with Gasteiger partial charge in [-0.05, 0) is 35.7 Å². The van der Waals surface area contributed by atoms with Crippen LogP contribution in [0.3, 0.4) is 0 Å². The summed E-state index contributed by atoms with van der Waals surface area (Å²) in [4.78, 5) is 12.2. The molecule has 0 saturated carbocycles. The van der Waals surface area contributed by atoms with Crippen molar-refractivity contribution >= 4 is 17.3 Å². The molecular formula is C20H21N3O2.